The Balaban J connectivity index is 0.000000325. The van der Waals surface area contributed by atoms with Crippen LogP contribution in [0.2, 0.25) is 0 Å². The lowest BCUT2D eigenvalue weighted by molar-refractivity contribution is -0.165. The molecule has 0 radical (unpaired) electrons. The summed E-state index contributed by atoms with van der Waals surface area (Å²) in [4.78, 5) is 41.3. The molecule has 2 heterocycles. The lowest BCUT2D eigenvalue weighted by Gasteiger charge is -2.23. The average molecular weight is 511 g/mol. The normalized spacial score (nSPS) is 15.6. The van der Waals surface area contributed by atoms with Gasteiger partial charge in [0.15, 0.2) is 12.2 Å². The number of aliphatic hydroxyl groups is 2. The van der Waals surface area contributed by atoms with Gasteiger partial charge in [-0.15, -0.1) is 0 Å². The first-order valence-electron chi connectivity index (χ1n) is 11.7. The topological polar surface area (TPSA) is 164 Å². The molecule has 1 saturated heterocycles. The smallest absolute Gasteiger partial charge is 0.335 e. The van der Waals surface area contributed by atoms with E-state index >= 15 is 0 Å². The average Bonchev–Trinajstić information content (AvgIpc) is 3.12. The minimum atomic E-state index is -2.27. The number of aromatic nitrogens is 1. The van der Waals surface area contributed by atoms with Gasteiger partial charge in [-0.2, -0.15) is 0 Å². The molecule has 0 spiro atoms. The SMILES string of the molecule is CN1CCCN(c2ccnc(C(=O)Nc3cccc4ccccc34)c2)CC1.O=C(O)C(O)C(O)C(=O)O. The Morgan fingerprint density at radius 2 is 1.57 bits per heavy atom. The van der Waals surface area contributed by atoms with Gasteiger partial charge >= 0.3 is 11.9 Å². The number of carboxylic acid groups (broad SMARTS) is 2. The highest BCUT2D eigenvalue weighted by molar-refractivity contribution is 6.08. The summed E-state index contributed by atoms with van der Waals surface area (Å²) < 4.78 is 0. The van der Waals surface area contributed by atoms with Crippen molar-refractivity contribution in [3.63, 3.8) is 0 Å². The first-order chi connectivity index (χ1) is 17.7. The van der Waals surface area contributed by atoms with Crippen LogP contribution in [-0.4, -0.2) is 93.6 Å². The summed E-state index contributed by atoms with van der Waals surface area (Å²) in [6, 6.07) is 17.8. The number of carbonyl (C=O) groups is 3. The van der Waals surface area contributed by atoms with Gasteiger partial charge < -0.3 is 35.5 Å². The minimum absolute atomic E-state index is 0.180. The molecule has 1 aromatic heterocycles. The van der Waals surface area contributed by atoms with Crippen molar-refractivity contribution in [2.24, 2.45) is 0 Å². The van der Waals surface area contributed by atoms with E-state index in [4.69, 9.17) is 20.4 Å². The van der Waals surface area contributed by atoms with Gasteiger partial charge in [0, 0.05) is 42.6 Å². The molecule has 0 aliphatic carbocycles. The molecule has 1 amide bonds. The second-order valence-corrected chi connectivity index (χ2v) is 8.59. The second-order valence-electron chi connectivity index (χ2n) is 8.59. The van der Waals surface area contributed by atoms with E-state index in [0.717, 1.165) is 54.7 Å². The molecule has 1 aliphatic rings. The fourth-order valence-electron chi connectivity index (χ4n) is 3.84. The monoisotopic (exact) mass is 510 g/mol. The molecular weight excluding hydrogens is 480 g/mol. The summed E-state index contributed by atoms with van der Waals surface area (Å²) in [5.41, 5.74) is 2.31. The zero-order valence-corrected chi connectivity index (χ0v) is 20.3. The number of benzene rings is 2. The van der Waals surface area contributed by atoms with Crippen molar-refractivity contribution in [1.29, 1.82) is 0 Å². The number of hydrogen-bond donors (Lipinski definition) is 5. The maximum absolute atomic E-state index is 12.8. The van der Waals surface area contributed by atoms with E-state index in [2.05, 4.69) is 27.1 Å². The number of carbonyl (C=O) groups excluding carboxylic acids is 1. The van der Waals surface area contributed by atoms with Gasteiger partial charge in [0.2, 0.25) is 0 Å². The van der Waals surface area contributed by atoms with Crippen molar-refractivity contribution >= 4 is 40.0 Å². The van der Waals surface area contributed by atoms with Crippen LogP contribution in [-0.2, 0) is 9.59 Å². The molecule has 11 nitrogen and oxygen atoms in total. The summed E-state index contributed by atoms with van der Waals surface area (Å²) in [5.74, 6) is -3.72. The Labute approximate surface area is 213 Å². The van der Waals surface area contributed by atoms with E-state index < -0.39 is 24.1 Å². The van der Waals surface area contributed by atoms with E-state index in [0.29, 0.717) is 5.69 Å². The van der Waals surface area contributed by atoms with Crippen LogP contribution in [0.4, 0.5) is 11.4 Å². The Morgan fingerprint density at radius 1 is 0.892 bits per heavy atom. The Hall–Kier alpha value is -4.06. The molecule has 4 rings (SSSR count). The summed E-state index contributed by atoms with van der Waals surface area (Å²) in [6.45, 7) is 4.10. The number of rotatable bonds is 6. The molecule has 2 unspecified atom stereocenters. The molecule has 11 heteroatoms. The highest BCUT2D eigenvalue weighted by Crippen LogP contribution is 2.24. The molecule has 2 aromatic carbocycles. The van der Waals surface area contributed by atoms with E-state index in [1.807, 2.05) is 54.6 Å². The molecule has 0 bridgehead atoms. The van der Waals surface area contributed by atoms with Crippen molar-refractivity contribution in [2.75, 3.05) is 43.4 Å². The third-order valence-corrected chi connectivity index (χ3v) is 5.90. The zero-order valence-electron chi connectivity index (χ0n) is 20.3. The number of likely N-dealkylation sites (N-methyl/N-ethyl adjacent to an activating group) is 1. The van der Waals surface area contributed by atoms with Crippen LogP contribution in [0.15, 0.2) is 60.8 Å². The third kappa shape index (κ3) is 7.46. The summed E-state index contributed by atoms with van der Waals surface area (Å²) in [6.07, 6.45) is -1.69. The third-order valence-electron chi connectivity index (χ3n) is 5.90. The number of nitrogens with one attached hydrogen (secondary N) is 1. The van der Waals surface area contributed by atoms with Crippen LogP contribution < -0.4 is 10.2 Å². The number of nitrogens with zero attached hydrogens (tertiary/aromatic N) is 3. The predicted octanol–water partition coefficient (Wildman–Crippen LogP) is 1.51. The molecule has 0 saturated carbocycles. The predicted molar refractivity (Wildman–Crippen MR) is 138 cm³/mol. The van der Waals surface area contributed by atoms with Crippen molar-refractivity contribution in [1.82, 2.24) is 9.88 Å². The number of fused-ring (bicyclic) bond motifs is 1. The molecule has 3 aromatic rings. The summed E-state index contributed by atoms with van der Waals surface area (Å²) >= 11 is 0. The number of anilines is 2. The van der Waals surface area contributed by atoms with Crippen molar-refractivity contribution in [3.8, 4) is 0 Å². The number of aliphatic carboxylic acids is 2. The molecule has 196 valence electrons. The number of carboxylic acids is 2. The molecule has 37 heavy (non-hydrogen) atoms. The van der Waals surface area contributed by atoms with Crippen LogP contribution in [0.25, 0.3) is 10.8 Å². The van der Waals surface area contributed by atoms with Crippen molar-refractivity contribution in [3.05, 3.63) is 66.5 Å². The molecular formula is C26H30N4O7. The largest absolute Gasteiger partial charge is 0.479 e. The summed E-state index contributed by atoms with van der Waals surface area (Å²) in [7, 11) is 2.15. The van der Waals surface area contributed by atoms with Gasteiger partial charge in [0.05, 0.1) is 0 Å². The fraction of sp³-hybridized carbons (Fsp3) is 0.308. The van der Waals surface area contributed by atoms with Crippen LogP contribution in [0.1, 0.15) is 16.9 Å². The van der Waals surface area contributed by atoms with Gasteiger partial charge in [0.25, 0.3) is 5.91 Å². The van der Waals surface area contributed by atoms with Gasteiger partial charge in [0.1, 0.15) is 5.69 Å². The number of aliphatic hydroxyl groups excluding tert-OH is 2. The summed E-state index contributed by atoms with van der Waals surface area (Å²) in [5, 5.41) is 37.7. The quantitative estimate of drug-likeness (QED) is 0.328. The van der Waals surface area contributed by atoms with Gasteiger partial charge in [-0.25, -0.2) is 9.59 Å². The Morgan fingerprint density at radius 3 is 2.27 bits per heavy atom. The number of hydrogen-bond acceptors (Lipinski definition) is 8. The standard InChI is InChI=1S/C22H24N4O.C4H6O6/c1-25-12-5-13-26(15-14-25)18-10-11-23-21(16-18)22(27)24-20-9-4-7-17-6-2-3-8-19(17)20;5-1(3(7)8)2(6)4(9)10/h2-4,6-11,16H,5,12-15H2,1H3,(H,24,27);1-2,5-6H,(H,7,8)(H,9,10). The van der Waals surface area contributed by atoms with E-state index in [1.165, 1.54) is 0 Å². The highest BCUT2D eigenvalue weighted by Gasteiger charge is 2.29. The maximum atomic E-state index is 12.8. The molecule has 1 fully saturated rings. The molecule has 5 N–H and O–H groups in total. The van der Waals surface area contributed by atoms with Crippen LogP contribution in [0.3, 0.4) is 0 Å². The van der Waals surface area contributed by atoms with Crippen LogP contribution in [0, 0.1) is 0 Å². The van der Waals surface area contributed by atoms with E-state index in [9.17, 15) is 14.4 Å². The molecule has 2 atom stereocenters. The van der Waals surface area contributed by atoms with Crippen LogP contribution in [0.5, 0.6) is 0 Å². The van der Waals surface area contributed by atoms with E-state index in [1.54, 1.807) is 6.20 Å². The first kappa shape index (κ1) is 27.5. The van der Waals surface area contributed by atoms with Gasteiger partial charge in [-0.3, -0.25) is 9.78 Å². The fourth-order valence-corrected chi connectivity index (χ4v) is 3.84. The second kappa shape index (κ2) is 12.8. The first-order valence-corrected chi connectivity index (χ1v) is 11.7. The van der Waals surface area contributed by atoms with Gasteiger partial charge in [-0.1, -0.05) is 36.4 Å². The van der Waals surface area contributed by atoms with Crippen molar-refractivity contribution < 1.29 is 34.8 Å². The zero-order chi connectivity index (χ0) is 26.9. The van der Waals surface area contributed by atoms with Gasteiger partial charge in [-0.05, 0) is 43.6 Å². The maximum Gasteiger partial charge on any atom is 0.335 e. The van der Waals surface area contributed by atoms with Crippen LogP contribution >= 0.6 is 0 Å². The number of amides is 1. The number of pyridine rings is 1. The lowest BCUT2D eigenvalue weighted by Crippen LogP contribution is -2.39. The molecule has 1 aliphatic heterocycles. The highest BCUT2D eigenvalue weighted by atomic mass is 16.4. The minimum Gasteiger partial charge on any atom is -0.479 e. The Bertz CT molecular complexity index is 1230. The van der Waals surface area contributed by atoms with Crippen molar-refractivity contribution in [2.45, 2.75) is 18.6 Å². The van der Waals surface area contributed by atoms with E-state index in [-0.39, 0.29) is 5.91 Å². The Kier molecular flexibility index (Phi) is 9.50. The lowest BCUT2D eigenvalue weighted by atomic mass is 10.1.